The van der Waals surface area contributed by atoms with Gasteiger partial charge in [0, 0.05) is 32.5 Å². The van der Waals surface area contributed by atoms with Crippen LogP contribution < -0.4 is 11.2 Å². The van der Waals surface area contributed by atoms with Gasteiger partial charge in [0.15, 0.2) is 24.0 Å². The van der Waals surface area contributed by atoms with Crippen molar-refractivity contribution >= 4 is 35.8 Å². The molecule has 0 spiro atoms. The van der Waals surface area contributed by atoms with Crippen LogP contribution in [0.5, 0.6) is 0 Å². The van der Waals surface area contributed by atoms with Crippen molar-refractivity contribution in [1.29, 1.82) is 0 Å². The van der Waals surface area contributed by atoms with Gasteiger partial charge in [-0.15, -0.1) is 0 Å². The number of methoxy groups -OCH3 is 2. The number of hydrogen-bond acceptors (Lipinski definition) is 14. The van der Waals surface area contributed by atoms with Gasteiger partial charge < -0.3 is 28.4 Å². The predicted molar refractivity (Wildman–Crippen MR) is 139 cm³/mol. The number of benzene rings is 1. The number of ether oxygens (including phenoxy) is 6. The highest BCUT2D eigenvalue weighted by Gasteiger charge is 2.45. The van der Waals surface area contributed by atoms with E-state index >= 15 is 0 Å². The standard InChI is InChI=1S/C27H26N2O14/c1-13(30)40-12-18-20(41-14(2)31)21(42-15(3)32)24(43-18)28-11-17(19(25(35)38-4)26(36)39-5)23(34)29(27(28)37)22(33)16-9-7-6-8-10-16/h6-11,19,21,24H,12H2,1-5H3/t21?,24-/m1/s1. The second-order valence-electron chi connectivity index (χ2n) is 8.77. The Kier molecular flexibility index (Phi) is 9.98. The summed E-state index contributed by atoms with van der Waals surface area (Å²) in [5.74, 6) is -9.24. The fourth-order valence-corrected chi connectivity index (χ4v) is 4.04. The summed E-state index contributed by atoms with van der Waals surface area (Å²) in [6.07, 6.45) is -2.83. The van der Waals surface area contributed by atoms with Gasteiger partial charge in [0.25, 0.3) is 11.5 Å². The largest absolute Gasteiger partial charge is 0.468 e. The summed E-state index contributed by atoms with van der Waals surface area (Å²) >= 11 is 0. The molecule has 228 valence electrons. The SMILES string of the molecule is COC(=O)C(C(=O)OC)c1cn([C@@H]2OC(COC(C)=O)=C(OC(C)=O)C2OC(C)=O)c(=O)n(C(=O)c2ccccc2)c1=O. The Morgan fingerprint density at radius 2 is 1.49 bits per heavy atom. The lowest BCUT2D eigenvalue weighted by Gasteiger charge is -2.24. The molecule has 16 nitrogen and oxygen atoms in total. The van der Waals surface area contributed by atoms with Crippen LogP contribution in [0.3, 0.4) is 0 Å². The van der Waals surface area contributed by atoms with E-state index in [4.69, 9.17) is 18.9 Å². The Labute approximate surface area is 242 Å². The van der Waals surface area contributed by atoms with E-state index in [0.717, 1.165) is 41.2 Å². The number of esters is 5. The van der Waals surface area contributed by atoms with Crippen LogP contribution in [0, 0.1) is 0 Å². The van der Waals surface area contributed by atoms with E-state index in [1.807, 2.05) is 0 Å². The molecule has 1 aliphatic heterocycles. The Bertz CT molecular complexity index is 1600. The Morgan fingerprint density at radius 1 is 0.884 bits per heavy atom. The quantitative estimate of drug-likeness (QED) is 0.210. The monoisotopic (exact) mass is 602 g/mol. The topological polar surface area (TPSA) is 202 Å². The summed E-state index contributed by atoms with van der Waals surface area (Å²) in [5.41, 5.74) is -3.62. The van der Waals surface area contributed by atoms with Crippen molar-refractivity contribution < 1.29 is 57.2 Å². The molecule has 3 rings (SSSR count). The maximum atomic E-state index is 13.8. The van der Waals surface area contributed by atoms with E-state index in [-0.39, 0.29) is 15.9 Å². The highest BCUT2D eigenvalue weighted by atomic mass is 16.6. The first kappa shape index (κ1) is 32.0. The summed E-state index contributed by atoms with van der Waals surface area (Å²) in [5, 5.41) is 0. The number of carbonyl (C=O) groups excluding carboxylic acids is 6. The third-order valence-corrected chi connectivity index (χ3v) is 5.83. The summed E-state index contributed by atoms with van der Waals surface area (Å²) < 4.78 is 31.1. The molecule has 0 N–H and O–H groups in total. The van der Waals surface area contributed by atoms with Crippen molar-refractivity contribution in [2.45, 2.75) is 39.0 Å². The zero-order valence-electron chi connectivity index (χ0n) is 23.5. The van der Waals surface area contributed by atoms with Gasteiger partial charge in [-0.2, -0.15) is 4.57 Å². The van der Waals surface area contributed by atoms with Gasteiger partial charge in [0.1, 0.15) is 0 Å². The fraction of sp³-hybridized carbons (Fsp3) is 0.333. The number of nitrogens with zero attached hydrogens (tertiary/aromatic N) is 2. The third kappa shape index (κ3) is 6.86. The predicted octanol–water partition coefficient (Wildman–Crippen LogP) is -0.0736. The van der Waals surface area contributed by atoms with Crippen molar-refractivity contribution in [1.82, 2.24) is 9.13 Å². The van der Waals surface area contributed by atoms with Crippen LogP contribution in [0.2, 0.25) is 0 Å². The first-order valence-corrected chi connectivity index (χ1v) is 12.3. The molecule has 16 heteroatoms. The first-order chi connectivity index (χ1) is 20.3. The van der Waals surface area contributed by atoms with Gasteiger partial charge in [0.2, 0.25) is 12.3 Å². The molecule has 2 heterocycles. The average molecular weight is 603 g/mol. The number of aromatic nitrogens is 2. The van der Waals surface area contributed by atoms with Gasteiger partial charge >= 0.3 is 35.5 Å². The van der Waals surface area contributed by atoms with Gasteiger partial charge in [-0.05, 0) is 12.1 Å². The minimum atomic E-state index is -2.08. The summed E-state index contributed by atoms with van der Waals surface area (Å²) in [4.78, 5) is 102. The maximum absolute atomic E-state index is 13.8. The molecule has 1 aromatic heterocycles. The van der Waals surface area contributed by atoms with E-state index in [0.29, 0.717) is 4.57 Å². The van der Waals surface area contributed by atoms with Crippen molar-refractivity contribution in [3.05, 3.63) is 80.0 Å². The van der Waals surface area contributed by atoms with Crippen LogP contribution in [0.4, 0.5) is 0 Å². The minimum Gasteiger partial charge on any atom is -0.468 e. The summed E-state index contributed by atoms with van der Waals surface area (Å²) in [6, 6.07) is 7.09. The maximum Gasteiger partial charge on any atom is 0.341 e. The van der Waals surface area contributed by atoms with Crippen LogP contribution >= 0.6 is 0 Å². The molecule has 0 saturated carbocycles. The molecule has 2 atom stereocenters. The molecule has 0 aliphatic carbocycles. The second-order valence-corrected chi connectivity index (χ2v) is 8.77. The molecule has 0 saturated heterocycles. The van der Waals surface area contributed by atoms with E-state index in [1.54, 1.807) is 6.07 Å². The van der Waals surface area contributed by atoms with Crippen LogP contribution in [0.1, 0.15) is 48.8 Å². The Hall–Kier alpha value is -5.54. The van der Waals surface area contributed by atoms with Gasteiger partial charge in [0.05, 0.1) is 19.8 Å². The van der Waals surface area contributed by atoms with E-state index < -0.39 is 83.2 Å². The first-order valence-electron chi connectivity index (χ1n) is 12.3. The molecule has 0 bridgehead atoms. The molecular weight excluding hydrogens is 576 g/mol. The molecule has 0 radical (unpaired) electrons. The van der Waals surface area contributed by atoms with Crippen molar-refractivity contribution in [3.63, 3.8) is 0 Å². The molecule has 43 heavy (non-hydrogen) atoms. The molecule has 1 aromatic carbocycles. The second kappa shape index (κ2) is 13.4. The summed E-state index contributed by atoms with van der Waals surface area (Å²) in [7, 11) is 1.85. The lowest BCUT2D eigenvalue weighted by molar-refractivity contribution is -0.156. The summed E-state index contributed by atoms with van der Waals surface area (Å²) in [6.45, 7) is 2.42. The average Bonchev–Trinajstić information content (AvgIpc) is 3.28. The van der Waals surface area contributed by atoms with Gasteiger partial charge in [-0.3, -0.25) is 38.1 Å². The smallest absolute Gasteiger partial charge is 0.341 e. The lowest BCUT2D eigenvalue weighted by atomic mass is 10.0. The van der Waals surface area contributed by atoms with Crippen molar-refractivity contribution in [2.75, 3.05) is 20.8 Å². The van der Waals surface area contributed by atoms with Gasteiger partial charge in [-0.1, -0.05) is 18.2 Å². The lowest BCUT2D eigenvalue weighted by Crippen LogP contribution is -2.49. The zero-order chi connectivity index (χ0) is 32.0. The van der Waals surface area contributed by atoms with Crippen LogP contribution in [0.25, 0.3) is 0 Å². The Balaban J connectivity index is 2.38. The van der Waals surface area contributed by atoms with E-state index in [2.05, 4.69) is 9.47 Å². The van der Waals surface area contributed by atoms with Crippen LogP contribution in [-0.2, 0) is 52.4 Å². The van der Waals surface area contributed by atoms with E-state index in [9.17, 15) is 38.4 Å². The highest BCUT2D eigenvalue weighted by molar-refractivity contribution is 6.01. The Morgan fingerprint density at radius 3 is 2.00 bits per heavy atom. The van der Waals surface area contributed by atoms with Gasteiger partial charge in [-0.25, -0.2) is 4.79 Å². The fourth-order valence-electron chi connectivity index (χ4n) is 4.04. The number of hydrogen-bond donors (Lipinski definition) is 0. The molecular formula is C27H26N2O14. The molecule has 2 aromatic rings. The van der Waals surface area contributed by atoms with Crippen molar-refractivity contribution in [2.24, 2.45) is 0 Å². The zero-order valence-corrected chi connectivity index (χ0v) is 23.5. The van der Waals surface area contributed by atoms with Crippen molar-refractivity contribution in [3.8, 4) is 0 Å². The highest BCUT2D eigenvalue weighted by Crippen LogP contribution is 2.36. The number of carbonyl (C=O) groups is 6. The van der Waals surface area contributed by atoms with Crippen LogP contribution in [0.15, 0.2) is 57.6 Å². The molecule has 1 unspecified atom stereocenters. The van der Waals surface area contributed by atoms with Crippen LogP contribution in [-0.4, -0.2) is 71.8 Å². The molecule has 1 aliphatic rings. The van der Waals surface area contributed by atoms with E-state index in [1.165, 1.54) is 24.3 Å². The third-order valence-electron chi connectivity index (χ3n) is 5.83. The molecule has 0 amide bonds. The normalized spacial score (nSPS) is 15.8. The number of rotatable bonds is 9. The molecule has 0 fully saturated rings. The minimum absolute atomic E-state index is 0.128.